The number of phenols is 1. The molecule has 1 saturated heterocycles. The predicted molar refractivity (Wildman–Crippen MR) is 76.9 cm³/mol. The minimum Gasteiger partial charge on any atom is -0.507 e. The van der Waals surface area contributed by atoms with Crippen LogP contribution in [0.15, 0.2) is 18.2 Å². The van der Waals surface area contributed by atoms with Gasteiger partial charge in [0.15, 0.2) is 0 Å². The molecule has 0 saturated carbocycles. The van der Waals surface area contributed by atoms with Crippen LogP contribution in [-0.4, -0.2) is 43.4 Å². The normalized spacial score (nSPS) is 15.9. The van der Waals surface area contributed by atoms with Gasteiger partial charge in [0.05, 0.1) is 6.10 Å². The van der Waals surface area contributed by atoms with E-state index in [1.807, 2.05) is 0 Å². The molecule has 6 heteroatoms. The summed E-state index contributed by atoms with van der Waals surface area (Å²) in [6.45, 7) is 2.91. The largest absolute Gasteiger partial charge is 0.507 e. The van der Waals surface area contributed by atoms with E-state index < -0.39 is 11.7 Å². The van der Waals surface area contributed by atoms with Crippen LogP contribution in [0.3, 0.4) is 0 Å². The van der Waals surface area contributed by atoms with Crippen LogP contribution in [0.1, 0.15) is 29.6 Å². The molecule has 0 radical (unpaired) electrons. The molecule has 0 atom stereocenters. The summed E-state index contributed by atoms with van der Waals surface area (Å²) in [5.74, 6) is -1.68. The summed E-state index contributed by atoms with van der Waals surface area (Å²) in [6, 6.07) is 3.79. The van der Waals surface area contributed by atoms with Gasteiger partial charge in [-0.1, -0.05) is 6.07 Å². The fourth-order valence-corrected chi connectivity index (χ4v) is 2.31. The molecule has 0 aliphatic carbocycles. The van der Waals surface area contributed by atoms with E-state index in [1.54, 1.807) is 0 Å². The van der Waals surface area contributed by atoms with Crippen LogP contribution in [0.2, 0.25) is 0 Å². The van der Waals surface area contributed by atoms with Crippen LogP contribution in [0.4, 0.5) is 4.39 Å². The third kappa shape index (κ3) is 4.68. The molecule has 0 bridgehead atoms. The van der Waals surface area contributed by atoms with Crippen LogP contribution in [-0.2, 0) is 4.74 Å². The molecule has 2 rings (SSSR count). The van der Waals surface area contributed by atoms with E-state index in [2.05, 4.69) is 10.6 Å². The second-order valence-electron chi connectivity index (χ2n) is 5.06. The second kappa shape index (κ2) is 7.95. The minimum absolute atomic E-state index is 0.289. The third-order valence-electron chi connectivity index (χ3n) is 3.47. The van der Waals surface area contributed by atoms with Crippen molar-refractivity contribution in [1.82, 2.24) is 10.6 Å². The topological polar surface area (TPSA) is 70.6 Å². The Kier molecular flexibility index (Phi) is 5.95. The Hall–Kier alpha value is -1.66. The van der Waals surface area contributed by atoms with Crippen molar-refractivity contribution < 1.29 is 19.0 Å². The molecule has 1 fully saturated rings. The van der Waals surface area contributed by atoms with Gasteiger partial charge in [-0.05, 0) is 44.5 Å². The maximum absolute atomic E-state index is 13.5. The van der Waals surface area contributed by atoms with Crippen LogP contribution in [0.25, 0.3) is 0 Å². The Balaban J connectivity index is 1.67. The Labute approximate surface area is 123 Å². The lowest BCUT2D eigenvalue weighted by atomic mass is 10.1. The van der Waals surface area contributed by atoms with Gasteiger partial charge in [0.2, 0.25) is 0 Å². The molecule has 21 heavy (non-hydrogen) atoms. The number of amides is 1. The van der Waals surface area contributed by atoms with Crippen LogP contribution < -0.4 is 10.6 Å². The molecule has 0 spiro atoms. The average molecular weight is 296 g/mol. The van der Waals surface area contributed by atoms with Gasteiger partial charge in [0.25, 0.3) is 5.91 Å². The number of hydrogen-bond donors (Lipinski definition) is 3. The number of piperidine rings is 1. The average Bonchev–Trinajstić information content (AvgIpc) is 2.48. The Morgan fingerprint density at radius 1 is 1.43 bits per heavy atom. The van der Waals surface area contributed by atoms with Gasteiger partial charge in [0, 0.05) is 13.2 Å². The molecule has 116 valence electrons. The molecule has 1 aliphatic rings. The molecule has 1 amide bonds. The van der Waals surface area contributed by atoms with Crippen molar-refractivity contribution in [2.45, 2.75) is 25.4 Å². The molecule has 1 heterocycles. The Bertz CT molecular complexity index is 456. The Morgan fingerprint density at radius 2 is 2.19 bits per heavy atom. The lowest BCUT2D eigenvalue weighted by Crippen LogP contribution is -2.33. The van der Waals surface area contributed by atoms with Crippen molar-refractivity contribution in [2.24, 2.45) is 0 Å². The third-order valence-corrected chi connectivity index (χ3v) is 3.47. The highest BCUT2D eigenvalue weighted by molar-refractivity contribution is 5.97. The summed E-state index contributed by atoms with van der Waals surface area (Å²) in [4.78, 5) is 11.8. The monoisotopic (exact) mass is 296 g/mol. The van der Waals surface area contributed by atoms with Crippen molar-refractivity contribution in [1.29, 1.82) is 0 Å². The number of hydrogen-bond acceptors (Lipinski definition) is 4. The zero-order chi connectivity index (χ0) is 15.1. The summed E-state index contributed by atoms with van der Waals surface area (Å²) >= 11 is 0. The highest BCUT2D eigenvalue weighted by Crippen LogP contribution is 2.19. The van der Waals surface area contributed by atoms with E-state index in [0.29, 0.717) is 19.6 Å². The van der Waals surface area contributed by atoms with Gasteiger partial charge < -0.3 is 20.5 Å². The number of carbonyl (C=O) groups is 1. The molecular weight excluding hydrogens is 275 g/mol. The van der Waals surface area contributed by atoms with Crippen molar-refractivity contribution in [3.8, 4) is 5.75 Å². The first-order valence-electron chi connectivity index (χ1n) is 7.26. The van der Waals surface area contributed by atoms with Gasteiger partial charge >= 0.3 is 0 Å². The smallest absolute Gasteiger partial charge is 0.258 e. The molecule has 3 N–H and O–H groups in total. The minimum atomic E-state index is -0.724. The van der Waals surface area contributed by atoms with Crippen molar-refractivity contribution in [2.75, 3.05) is 26.2 Å². The van der Waals surface area contributed by atoms with Crippen LogP contribution in [0.5, 0.6) is 5.75 Å². The van der Waals surface area contributed by atoms with Gasteiger partial charge in [-0.15, -0.1) is 0 Å². The number of nitrogens with one attached hydrogen (secondary N) is 2. The number of halogens is 1. The van der Waals surface area contributed by atoms with Crippen molar-refractivity contribution in [3.05, 3.63) is 29.6 Å². The van der Waals surface area contributed by atoms with Crippen LogP contribution in [0, 0.1) is 5.82 Å². The molecule has 5 nitrogen and oxygen atoms in total. The van der Waals surface area contributed by atoms with E-state index in [4.69, 9.17) is 4.74 Å². The maximum atomic E-state index is 13.5. The predicted octanol–water partition coefficient (Wildman–Crippen LogP) is 1.42. The van der Waals surface area contributed by atoms with E-state index >= 15 is 0 Å². The number of carbonyl (C=O) groups excluding carboxylic acids is 1. The van der Waals surface area contributed by atoms with E-state index in [0.717, 1.165) is 32.0 Å². The first-order chi connectivity index (χ1) is 10.2. The highest BCUT2D eigenvalue weighted by atomic mass is 19.1. The Morgan fingerprint density at radius 3 is 2.90 bits per heavy atom. The summed E-state index contributed by atoms with van der Waals surface area (Å²) in [6.07, 6.45) is 2.97. The number of ether oxygens (including phenoxy) is 1. The summed E-state index contributed by atoms with van der Waals surface area (Å²) < 4.78 is 19.2. The number of aromatic hydroxyl groups is 1. The van der Waals surface area contributed by atoms with Gasteiger partial charge in [0.1, 0.15) is 17.1 Å². The van der Waals surface area contributed by atoms with Crippen molar-refractivity contribution in [3.63, 3.8) is 0 Å². The second-order valence-corrected chi connectivity index (χ2v) is 5.06. The number of rotatable bonds is 6. The van der Waals surface area contributed by atoms with E-state index in [1.165, 1.54) is 12.1 Å². The van der Waals surface area contributed by atoms with Crippen LogP contribution >= 0.6 is 0 Å². The van der Waals surface area contributed by atoms with Gasteiger partial charge in [-0.25, -0.2) is 4.39 Å². The summed E-state index contributed by atoms with van der Waals surface area (Å²) in [7, 11) is 0. The lowest BCUT2D eigenvalue weighted by Gasteiger charge is -2.22. The first kappa shape index (κ1) is 15.7. The molecular formula is C15H21FN2O3. The zero-order valence-corrected chi connectivity index (χ0v) is 11.9. The lowest BCUT2D eigenvalue weighted by molar-refractivity contribution is 0.0317. The molecule has 1 aliphatic heterocycles. The first-order valence-corrected chi connectivity index (χ1v) is 7.26. The molecule has 0 aromatic heterocycles. The molecule has 0 unspecified atom stereocenters. The van der Waals surface area contributed by atoms with E-state index in [9.17, 15) is 14.3 Å². The fraction of sp³-hybridized carbons (Fsp3) is 0.533. The van der Waals surface area contributed by atoms with Crippen molar-refractivity contribution >= 4 is 5.91 Å². The maximum Gasteiger partial charge on any atom is 0.258 e. The number of benzene rings is 1. The highest BCUT2D eigenvalue weighted by Gasteiger charge is 2.16. The standard InChI is InChI=1S/C15H21FN2O3/c16-12-3-1-4-13(19)14(12)15(20)18-7-2-10-21-11-5-8-17-9-6-11/h1,3-4,11,17,19H,2,5-10H2,(H,18,20). The SMILES string of the molecule is O=C(NCCCOC1CCNCC1)c1c(O)cccc1F. The zero-order valence-electron chi connectivity index (χ0n) is 11.9. The fourth-order valence-electron chi connectivity index (χ4n) is 2.31. The number of phenolic OH excluding ortho intramolecular Hbond substituents is 1. The molecule has 1 aromatic carbocycles. The van der Waals surface area contributed by atoms with Gasteiger partial charge in [-0.2, -0.15) is 0 Å². The van der Waals surface area contributed by atoms with E-state index in [-0.39, 0.29) is 17.4 Å². The summed E-state index contributed by atoms with van der Waals surface area (Å²) in [5.41, 5.74) is -0.309. The van der Waals surface area contributed by atoms with Gasteiger partial charge in [-0.3, -0.25) is 4.79 Å². The molecule has 1 aromatic rings. The quantitative estimate of drug-likeness (QED) is 0.694. The summed E-state index contributed by atoms with van der Waals surface area (Å²) in [5, 5.41) is 15.4.